The van der Waals surface area contributed by atoms with Crippen LogP contribution in [0.1, 0.15) is 116 Å². The van der Waals surface area contributed by atoms with Crippen LogP contribution in [0.5, 0.6) is 0 Å². The maximum Gasteiger partial charge on any atom is 0.234 e. The molecule has 0 aromatic heterocycles. The number of rotatable bonds is 0. The highest BCUT2D eigenvalue weighted by molar-refractivity contribution is 7.91. The zero-order chi connectivity index (χ0) is 43.3. The van der Waals surface area contributed by atoms with Crippen LogP contribution in [0.3, 0.4) is 0 Å². The summed E-state index contributed by atoms with van der Waals surface area (Å²) in [5.41, 5.74) is 1.41. The largest absolute Gasteiger partial charge is 0.356 e. The number of hydrogen-bond donors (Lipinski definition) is 9. The van der Waals surface area contributed by atoms with Gasteiger partial charge in [-0.3, -0.25) is 19.2 Å². The van der Waals surface area contributed by atoms with Gasteiger partial charge in [-0.2, -0.15) is 0 Å². The summed E-state index contributed by atoms with van der Waals surface area (Å²) in [6, 6.07) is 0. The molecule has 4 amide bonds. The Morgan fingerprint density at radius 3 is 1.02 bits per heavy atom. The van der Waals surface area contributed by atoms with Gasteiger partial charge in [-0.25, -0.2) is 21.6 Å². The molecular weight excluding hydrogens is 799 g/mol. The number of hydrogen-bond acceptors (Lipinski definition) is 12. The number of sulfonamides is 1. The first-order chi connectivity index (χ1) is 28.4. The van der Waals surface area contributed by atoms with Crippen LogP contribution >= 0.6 is 0 Å². The Morgan fingerprint density at radius 1 is 0.356 bits per heavy atom. The number of carbonyl (C=O) groups excluding carboxylic acids is 4. The van der Waals surface area contributed by atoms with E-state index in [2.05, 4.69) is 53.8 Å². The van der Waals surface area contributed by atoms with E-state index in [1.54, 1.807) is 0 Å². The molecule has 9 saturated heterocycles. The van der Waals surface area contributed by atoms with Gasteiger partial charge >= 0.3 is 0 Å². The van der Waals surface area contributed by atoms with Crippen LogP contribution in [0.25, 0.3) is 0 Å². The minimum Gasteiger partial charge on any atom is -0.356 e. The van der Waals surface area contributed by atoms with Crippen LogP contribution in [0.2, 0.25) is 0 Å². The van der Waals surface area contributed by atoms with E-state index in [4.69, 9.17) is 0 Å². The van der Waals surface area contributed by atoms with E-state index in [0.717, 1.165) is 97.1 Å². The van der Waals surface area contributed by atoms with E-state index in [-0.39, 0.29) is 23.6 Å². The predicted molar refractivity (Wildman–Crippen MR) is 236 cm³/mol. The SMILES string of the molecule is C1CCNCC1.C1CCNCC1.C=C1CCCNCC1.O=C1CCCN1.O=C1CCCN1.O=C1CCCN1.O=C1CNCCN1.O=S1(=O)CCCC1.O=S1(=O)CCCN1. The standard InChI is InChI=1S/C7H13N.2C5H11N.C4H8N2O.3C4H7NO.C4H8O2S.C3H7NO2S/c1-7-3-2-5-8-6-4-7;2*1-2-4-6-5-3-1;7-4-3-5-1-2-6-4;3*6-4-2-1-3-5-4;2*5-7(6)3-1-2-4-7/h8H,1-6H2;2*6H,1-5H2;5H,1-3H2,(H,6,7);3*1-3H2,(H,5,6);1-4H2;4H,1-3H2. The predicted octanol–water partition coefficient (Wildman–Crippen LogP) is 0.735. The van der Waals surface area contributed by atoms with Gasteiger partial charge in [0.25, 0.3) is 0 Å². The minimum absolute atomic E-state index is 0.103. The first-order valence-corrected chi connectivity index (χ1v) is 25.6. The number of sulfone groups is 1. The number of piperazine rings is 1. The molecule has 9 fully saturated rings. The number of nitrogens with one attached hydrogen (secondary N) is 9. The van der Waals surface area contributed by atoms with Crippen molar-refractivity contribution in [3.05, 3.63) is 12.2 Å². The van der Waals surface area contributed by atoms with E-state index >= 15 is 0 Å². The third-order valence-corrected chi connectivity index (χ3v) is 12.9. The molecule has 0 radical (unpaired) electrons. The molecule has 9 aliphatic heterocycles. The topological polar surface area (TPSA) is 245 Å². The van der Waals surface area contributed by atoms with Crippen LogP contribution in [-0.2, 0) is 39.0 Å². The molecule has 9 heterocycles. The molecule has 17 nitrogen and oxygen atoms in total. The van der Waals surface area contributed by atoms with Crippen molar-refractivity contribution in [2.45, 2.75) is 116 Å². The van der Waals surface area contributed by atoms with Gasteiger partial charge < -0.3 is 42.5 Å². The normalized spacial score (nSPS) is 23.6. The number of carbonyl (C=O) groups is 4. The fraction of sp³-hybridized carbons (Fsp3) is 0.850. The van der Waals surface area contributed by atoms with Crippen molar-refractivity contribution < 1.29 is 36.0 Å². The van der Waals surface area contributed by atoms with E-state index < -0.39 is 19.9 Å². The molecule has 0 unspecified atom stereocenters. The van der Waals surface area contributed by atoms with Crippen LogP contribution in [0.15, 0.2) is 12.2 Å². The second-order valence-corrected chi connectivity index (χ2v) is 19.5. The average Bonchev–Trinajstić information content (AvgIpc) is 4.12. The van der Waals surface area contributed by atoms with Crippen LogP contribution in [0.4, 0.5) is 0 Å². The highest BCUT2D eigenvalue weighted by Gasteiger charge is 2.16. The van der Waals surface area contributed by atoms with Crippen LogP contribution in [-0.4, -0.2) is 143 Å². The summed E-state index contributed by atoms with van der Waals surface area (Å²) in [7, 11) is -5.34. The molecule has 0 spiro atoms. The summed E-state index contributed by atoms with van der Waals surface area (Å²) >= 11 is 0. The zero-order valence-corrected chi connectivity index (χ0v) is 37.5. The van der Waals surface area contributed by atoms with Gasteiger partial charge in [-0.15, -0.1) is 0 Å². The van der Waals surface area contributed by atoms with Crippen molar-refractivity contribution in [2.24, 2.45) is 0 Å². The number of piperidine rings is 2. The third-order valence-electron chi connectivity index (χ3n) is 9.64. The summed E-state index contributed by atoms with van der Waals surface area (Å²) in [5.74, 6) is 1.87. The van der Waals surface area contributed by atoms with Crippen LogP contribution in [0, 0.1) is 0 Å². The van der Waals surface area contributed by atoms with Gasteiger partial charge in [0, 0.05) is 58.5 Å². The van der Waals surface area contributed by atoms with E-state index in [0.29, 0.717) is 30.3 Å². The molecule has 9 aliphatic rings. The Bertz CT molecular complexity index is 1190. The monoisotopic (exact) mass is 878 g/mol. The summed E-state index contributed by atoms with van der Waals surface area (Å²) < 4.78 is 43.9. The Hall–Kier alpha value is -2.68. The van der Waals surface area contributed by atoms with Crippen molar-refractivity contribution >= 4 is 43.5 Å². The molecule has 19 heteroatoms. The second kappa shape index (κ2) is 36.0. The smallest absolute Gasteiger partial charge is 0.234 e. The molecule has 0 aromatic rings. The van der Waals surface area contributed by atoms with Crippen molar-refractivity contribution in [3.63, 3.8) is 0 Å². The highest BCUT2D eigenvalue weighted by Crippen LogP contribution is 2.09. The zero-order valence-electron chi connectivity index (χ0n) is 35.8. The Kier molecular flexibility index (Phi) is 33.2. The first kappa shape index (κ1) is 54.3. The van der Waals surface area contributed by atoms with Gasteiger partial charge in [-0.1, -0.05) is 25.0 Å². The lowest BCUT2D eigenvalue weighted by Crippen LogP contribution is -2.44. The fourth-order valence-corrected chi connectivity index (χ4v) is 8.76. The van der Waals surface area contributed by atoms with E-state index in [1.807, 2.05) is 0 Å². The Labute approximate surface area is 355 Å². The molecule has 9 N–H and O–H groups in total. The third kappa shape index (κ3) is 36.9. The van der Waals surface area contributed by atoms with Crippen molar-refractivity contribution in [3.8, 4) is 0 Å². The fourth-order valence-electron chi connectivity index (χ4n) is 6.14. The van der Waals surface area contributed by atoms with Gasteiger partial charge in [0.15, 0.2) is 0 Å². The van der Waals surface area contributed by atoms with E-state index in [9.17, 15) is 36.0 Å². The minimum atomic E-state index is -2.80. The maximum atomic E-state index is 10.4. The molecule has 9 rings (SSSR count). The quantitative estimate of drug-likeness (QED) is 0.153. The molecule has 0 aromatic carbocycles. The second-order valence-electron chi connectivity index (χ2n) is 15.3. The summed E-state index contributed by atoms with van der Waals surface area (Å²) in [5, 5.41) is 23.5. The molecule has 59 heavy (non-hydrogen) atoms. The molecule has 344 valence electrons. The molecule has 0 bridgehead atoms. The van der Waals surface area contributed by atoms with Gasteiger partial charge in [0.1, 0.15) is 9.84 Å². The highest BCUT2D eigenvalue weighted by atomic mass is 32.2. The Morgan fingerprint density at radius 2 is 0.797 bits per heavy atom. The molecule has 0 aliphatic carbocycles. The lowest BCUT2D eigenvalue weighted by Gasteiger charge is -2.11. The van der Waals surface area contributed by atoms with Crippen LogP contribution < -0.4 is 47.3 Å². The van der Waals surface area contributed by atoms with Crippen molar-refractivity contribution in [2.75, 3.05) is 102 Å². The Balaban J connectivity index is 0.000000332. The summed E-state index contributed by atoms with van der Waals surface area (Å²) in [6.07, 6.45) is 19.9. The first-order valence-electron chi connectivity index (χ1n) is 22.1. The van der Waals surface area contributed by atoms with Crippen molar-refractivity contribution in [1.29, 1.82) is 0 Å². The lowest BCUT2D eigenvalue weighted by molar-refractivity contribution is -0.121. The average molecular weight is 878 g/mol. The van der Waals surface area contributed by atoms with Crippen molar-refractivity contribution in [1.82, 2.24) is 47.3 Å². The van der Waals surface area contributed by atoms with Gasteiger partial charge in [0.05, 0.1) is 23.8 Å². The number of amides is 4. The molecule has 0 saturated carbocycles. The van der Waals surface area contributed by atoms with E-state index in [1.165, 1.54) is 96.1 Å². The molecular formula is C40H79N9O8S2. The summed E-state index contributed by atoms with van der Waals surface area (Å²) in [6.45, 7) is 16.7. The summed E-state index contributed by atoms with van der Waals surface area (Å²) in [4.78, 5) is 40.7. The van der Waals surface area contributed by atoms with Gasteiger partial charge in [0.2, 0.25) is 33.7 Å². The maximum absolute atomic E-state index is 10.4. The van der Waals surface area contributed by atoms with Gasteiger partial charge in [-0.05, 0) is 123 Å². The molecule has 0 atom stereocenters. The lowest BCUT2D eigenvalue weighted by atomic mass is 10.1.